The van der Waals surface area contributed by atoms with Gasteiger partial charge in [-0.3, -0.25) is 4.79 Å². The van der Waals surface area contributed by atoms with Crippen molar-refractivity contribution in [3.63, 3.8) is 0 Å². The van der Waals surface area contributed by atoms with Gasteiger partial charge in [0.15, 0.2) is 5.76 Å². The topological polar surface area (TPSA) is 69.6 Å². The third kappa shape index (κ3) is 4.23. The van der Waals surface area contributed by atoms with Gasteiger partial charge in [-0.15, -0.1) is 0 Å². The summed E-state index contributed by atoms with van der Waals surface area (Å²) in [4.78, 5) is 18.4. The van der Waals surface area contributed by atoms with Gasteiger partial charge in [0.1, 0.15) is 17.9 Å². The molecule has 2 aromatic heterocycles. The minimum Gasteiger partial charge on any atom is -0.489 e. The van der Waals surface area contributed by atoms with Crippen LogP contribution in [0.25, 0.3) is 44.2 Å². The Bertz CT molecular complexity index is 1900. The fourth-order valence-electron chi connectivity index (χ4n) is 4.31. The van der Waals surface area contributed by atoms with Crippen LogP contribution in [0.2, 0.25) is 0 Å². The Morgan fingerprint density at radius 1 is 0.973 bits per heavy atom. The number of furan rings is 1. The van der Waals surface area contributed by atoms with Gasteiger partial charge in [-0.25, -0.2) is 4.98 Å². The van der Waals surface area contributed by atoms with Crippen LogP contribution in [-0.2, 0) is 0 Å². The standard InChI is InChI=1S/C30H20BrN3O3/c1-2-15-36-27-13-11-19-7-3-4-8-22(19)24(27)18-32-34-29(33-25-10-6-5-9-23(25)30(34)35)28-17-20-16-21(31)12-14-26(20)37-28/h2-14,16-18H,1,15H2. The monoisotopic (exact) mass is 549 g/mol. The highest BCUT2D eigenvalue weighted by atomic mass is 79.9. The van der Waals surface area contributed by atoms with E-state index in [0.29, 0.717) is 40.4 Å². The Morgan fingerprint density at radius 3 is 2.65 bits per heavy atom. The Balaban J connectivity index is 1.58. The lowest BCUT2D eigenvalue weighted by atomic mass is 10.0. The maximum atomic E-state index is 13.6. The van der Waals surface area contributed by atoms with E-state index in [1.54, 1.807) is 24.4 Å². The molecule has 0 aliphatic carbocycles. The molecule has 6 aromatic rings. The van der Waals surface area contributed by atoms with Crippen molar-refractivity contribution in [2.75, 3.05) is 6.61 Å². The third-order valence-electron chi connectivity index (χ3n) is 6.04. The van der Waals surface area contributed by atoms with Gasteiger partial charge in [-0.05, 0) is 53.2 Å². The molecule has 0 spiro atoms. The van der Waals surface area contributed by atoms with E-state index in [1.165, 1.54) is 4.68 Å². The third-order valence-corrected chi connectivity index (χ3v) is 6.54. The zero-order valence-corrected chi connectivity index (χ0v) is 21.2. The van der Waals surface area contributed by atoms with Crippen LogP contribution in [0.15, 0.2) is 116 Å². The lowest BCUT2D eigenvalue weighted by Crippen LogP contribution is -2.20. The molecule has 2 heterocycles. The van der Waals surface area contributed by atoms with Crippen molar-refractivity contribution in [2.45, 2.75) is 0 Å². The number of ether oxygens (including phenoxy) is 1. The smallest absolute Gasteiger partial charge is 0.282 e. The first-order valence-electron chi connectivity index (χ1n) is 11.6. The fourth-order valence-corrected chi connectivity index (χ4v) is 4.69. The molecule has 0 bridgehead atoms. The lowest BCUT2D eigenvalue weighted by molar-refractivity contribution is 0.363. The minimum absolute atomic E-state index is 0.299. The van der Waals surface area contributed by atoms with E-state index in [4.69, 9.17) is 14.1 Å². The highest BCUT2D eigenvalue weighted by Crippen LogP contribution is 2.30. The second-order valence-electron chi connectivity index (χ2n) is 8.41. The molecule has 0 N–H and O–H groups in total. The van der Waals surface area contributed by atoms with Gasteiger partial charge < -0.3 is 9.15 Å². The average molecular weight is 550 g/mol. The number of hydrogen-bond donors (Lipinski definition) is 0. The number of benzene rings is 4. The molecule has 6 nitrogen and oxygen atoms in total. The predicted molar refractivity (Wildman–Crippen MR) is 152 cm³/mol. The molecular weight excluding hydrogens is 530 g/mol. The van der Waals surface area contributed by atoms with Crippen LogP contribution in [0.5, 0.6) is 5.75 Å². The predicted octanol–water partition coefficient (Wildman–Crippen LogP) is 7.17. The van der Waals surface area contributed by atoms with Crippen LogP contribution in [0.1, 0.15) is 5.56 Å². The molecular formula is C30H20BrN3O3. The Labute approximate surface area is 220 Å². The molecule has 0 radical (unpaired) electrons. The van der Waals surface area contributed by atoms with Crippen molar-refractivity contribution >= 4 is 54.8 Å². The van der Waals surface area contributed by atoms with Gasteiger partial charge in [0, 0.05) is 15.4 Å². The van der Waals surface area contributed by atoms with E-state index in [0.717, 1.165) is 26.2 Å². The quantitative estimate of drug-likeness (QED) is 0.163. The van der Waals surface area contributed by atoms with Gasteiger partial charge in [0.25, 0.3) is 5.56 Å². The molecule has 0 amide bonds. The van der Waals surface area contributed by atoms with Crippen LogP contribution in [0.4, 0.5) is 0 Å². The van der Waals surface area contributed by atoms with Gasteiger partial charge >= 0.3 is 0 Å². The summed E-state index contributed by atoms with van der Waals surface area (Å²) in [7, 11) is 0. The van der Waals surface area contributed by atoms with E-state index in [-0.39, 0.29) is 5.56 Å². The second-order valence-corrected chi connectivity index (χ2v) is 9.32. The number of halogens is 1. The van der Waals surface area contributed by atoms with Gasteiger partial charge in [0.05, 0.1) is 17.1 Å². The average Bonchev–Trinajstić information content (AvgIpc) is 3.34. The summed E-state index contributed by atoms with van der Waals surface area (Å²) >= 11 is 3.50. The lowest BCUT2D eigenvalue weighted by Gasteiger charge is -2.11. The normalized spacial score (nSPS) is 11.6. The summed E-state index contributed by atoms with van der Waals surface area (Å²) in [6.45, 7) is 4.09. The van der Waals surface area contributed by atoms with Gasteiger partial charge in [-0.1, -0.05) is 71.0 Å². The Kier molecular flexibility index (Phi) is 5.90. The second kappa shape index (κ2) is 9.52. The molecule has 4 aromatic carbocycles. The highest BCUT2D eigenvalue weighted by Gasteiger charge is 2.17. The zero-order valence-electron chi connectivity index (χ0n) is 19.6. The number of rotatable bonds is 6. The summed E-state index contributed by atoms with van der Waals surface area (Å²) in [6, 6.07) is 26.6. The van der Waals surface area contributed by atoms with E-state index in [1.807, 2.05) is 72.8 Å². The maximum absolute atomic E-state index is 13.6. The number of para-hydroxylation sites is 1. The van der Waals surface area contributed by atoms with Crippen LogP contribution in [0, 0.1) is 0 Å². The van der Waals surface area contributed by atoms with E-state index < -0.39 is 0 Å². The minimum atomic E-state index is -0.299. The van der Waals surface area contributed by atoms with Crippen LogP contribution in [-0.4, -0.2) is 22.5 Å². The molecule has 37 heavy (non-hydrogen) atoms. The molecule has 0 saturated carbocycles. The van der Waals surface area contributed by atoms with Crippen LogP contribution in [0.3, 0.4) is 0 Å². The summed E-state index contributed by atoms with van der Waals surface area (Å²) in [5.74, 6) is 1.38. The molecule has 0 saturated heterocycles. The SMILES string of the molecule is C=CCOc1ccc2ccccc2c1C=Nn1c(-c2cc3cc(Br)ccc3o2)nc2ccccc2c1=O. The van der Waals surface area contributed by atoms with Crippen molar-refractivity contribution in [1.82, 2.24) is 9.66 Å². The Hall–Kier alpha value is -4.49. The van der Waals surface area contributed by atoms with E-state index in [9.17, 15) is 4.79 Å². The maximum Gasteiger partial charge on any atom is 0.282 e. The van der Waals surface area contributed by atoms with Crippen molar-refractivity contribution in [3.05, 3.63) is 118 Å². The molecule has 0 fully saturated rings. The van der Waals surface area contributed by atoms with Gasteiger partial charge in [-0.2, -0.15) is 9.78 Å². The van der Waals surface area contributed by atoms with Crippen LogP contribution < -0.4 is 10.3 Å². The first-order valence-corrected chi connectivity index (χ1v) is 12.4. The number of fused-ring (bicyclic) bond motifs is 3. The van der Waals surface area contributed by atoms with E-state index in [2.05, 4.69) is 27.6 Å². The number of nitrogens with zero attached hydrogens (tertiary/aromatic N) is 3. The van der Waals surface area contributed by atoms with E-state index >= 15 is 0 Å². The molecule has 0 unspecified atom stereocenters. The van der Waals surface area contributed by atoms with Crippen molar-refractivity contribution in [2.24, 2.45) is 5.10 Å². The zero-order chi connectivity index (χ0) is 25.4. The summed E-state index contributed by atoms with van der Waals surface area (Å²) < 4.78 is 14.2. The fraction of sp³-hybridized carbons (Fsp3) is 0.0333. The molecule has 6 rings (SSSR count). The largest absolute Gasteiger partial charge is 0.489 e. The summed E-state index contributed by atoms with van der Waals surface area (Å²) in [5, 5.41) is 7.98. The summed E-state index contributed by atoms with van der Waals surface area (Å²) in [6.07, 6.45) is 3.33. The molecule has 0 aliphatic heterocycles. The van der Waals surface area contributed by atoms with Crippen molar-refractivity contribution in [3.8, 4) is 17.3 Å². The highest BCUT2D eigenvalue weighted by molar-refractivity contribution is 9.10. The number of hydrogen-bond acceptors (Lipinski definition) is 5. The van der Waals surface area contributed by atoms with Crippen LogP contribution >= 0.6 is 15.9 Å². The first-order chi connectivity index (χ1) is 18.1. The molecule has 7 heteroatoms. The Morgan fingerprint density at radius 2 is 1.78 bits per heavy atom. The molecule has 0 atom stereocenters. The molecule has 0 aliphatic rings. The van der Waals surface area contributed by atoms with Crippen molar-refractivity contribution in [1.29, 1.82) is 0 Å². The van der Waals surface area contributed by atoms with Crippen molar-refractivity contribution < 1.29 is 9.15 Å². The van der Waals surface area contributed by atoms with Gasteiger partial charge in [0.2, 0.25) is 5.82 Å². The summed E-state index contributed by atoms with van der Waals surface area (Å²) in [5.41, 5.74) is 1.70. The first kappa shape index (κ1) is 22.9. The number of aromatic nitrogens is 2. The molecule has 180 valence electrons.